The zero-order chi connectivity index (χ0) is 12.1. The number of carbonyl (C=O) groups is 1. The molecule has 0 fully saturated rings. The van der Waals surface area contributed by atoms with Gasteiger partial charge in [0.2, 0.25) is 5.91 Å². The molecule has 1 heterocycles. The summed E-state index contributed by atoms with van der Waals surface area (Å²) < 4.78 is 1.71. The van der Waals surface area contributed by atoms with E-state index < -0.39 is 5.92 Å². The number of nitrogens with zero attached hydrogens (tertiary/aromatic N) is 3. The molecule has 0 saturated heterocycles. The molecule has 1 aromatic heterocycles. The number of hydrogen-bond acceptors (Lipinski definition) is 3. The minimum atomic E-state index is -0.558. The molecule has 1 amide bonds. The molecular weight excluding hydrogens is 204 g/mol. The van der Waals surface area contributed by atoms with Crippen LogP contribution >= 0.6 is 0 Å². The van der Waals surface area contributed by atoms with E-state index in [0.717, 1.165) is 11.3 Å². The van der Waals surface area contributed by atoms with Gasteiger partial charge in [-0.05, 0) is 13.3 Å². The molecule has 1 N–H and O–H groups in total. The molecule has 0 aliphatic carbocycles. The van der Waals surface area contributed by atoms with Crippen molar-refractivity contribution in [1.29, 1.82) is 5.26 Å². The maximum absolute atomic E-state index is 11.5. The van der Waals surface area contributed by atoms with Crippen LogP contribution in [0.1, 0.15) is 24.6 Å². The summed E-state index contributed by atoms with van der Waals surface area (Å²) in [6.07, 6.45) is 2.40. The van der Waals surface area contributed by atoms with Crippen molar-refractivity contribution in [3.05, 3.63) is 17.5 Å². The molecular formula is C11H16N4O. The van der Waals surface area contributed by atoms with Gasteiger partial charge in [0, 0.05) is 25.4 Å². The third-order valence-electron chi connectivity index (χ3n) is 2.45. The first-order chi connectivity index (χ1) is 7.58. The number of hydrogen-bond donors (Lipinski definition) is 1. The van der Waals surface area contributed by atoms with Crippen molar-refractivity contribution in [1.82, 2.24) is 15.1 Å². The second-order valence-corrected chi connectivity index (χ2v) is 3.72. The van der Waals surface area contributed by atoms with E-state index in [-0.39, 0.29) is 5.91 Å². The Hall–Kier alpha value is -1.83. The normalized spacial score (nSPS) is 11.9. The van der Waals surface area contributed by atoms with Gasteiger partial charge in [-0.1, -0.05) is 6.92 Å². The van der Waals surface area contributed by atoms with Crippen LogP contribution < -0.4 is 5.32 Å². The van der Waals surface area contributed by atoms with Crippen molar-refractivity contribution in [3.63, 3.8) is 0 Å². The van der Waals surface area contributed by atoms with Crippen molar-refractivity contribution in [2.45, 2.75) is 26.8 Å². The van der Waals surface area contributed by atoms with Crippen LogP contribution in [-0.2, 0) is 18.4 Å². The molecule has 0 aromatic carbocycles. The van der Waals surface area contributed by atoms with E-state index in [1.807, 2.05) is 33.2 Å². The first kappa shape index (κ1) is 12.2. The van der Waals surface area contributed by atoms with Crippen molar-refractivity contribution in [2.24, 2.45) is 13.0 Å². The molecule has 0 bridgehead atoms. The van der Waals surface area contributed by atoms with Crippen LogP contribution in [0.5, 0.6) is 0 Å². The fourth-order valence-corrected chi connectivity index (χ4v) is 1.46. The summed E-state index contributed by atoms with van der Waals surface area (Å²) in [5.41, 5.74) is 1.87. The standard InChI is InChI=1S/C11H16N4O/c1-4-9(5-12)11(16)13-6-10-7-15(3)14-8(10)2/h7,9H,4,6H2,1-3H3,(H,13,16). The van der Waals surface area contributed by atoms with Crippen LogP contribution in [0.4, 0.5) is 0 Å². The Labute approximate surface area is 95.1 Å². The number of carbonyl (C=O) groups excluding carboxylic acids is 1. The van der Waals surface area contributed by atoms with Crippen molar-refractivity contribution in [2.75, 3.05) is 0 Å². The molecule has 5 nitrogen and oxygen atoms in total. The number of aromatic nitrogens is 2. The first-order valence-electron chi connectivity index (χ1n) is 5.25. The Balaban J connectivity index is 2.55. The zero-order valence-electron chi connectivity index (χ0n) is 9.82. The SMILES string of the molecule is CCC(C#N)C(=O)NCc1cn(C)nc1C. The Morgan fingerprint density at radius 1 is 1.75 bits per heavy atom. The van der Waals surface area contributed by atoms with Crippen LogP contribution in [-0.4, -0.2) is 15.7 Å². The van der Waals surface area contributed by atoms with E-state index in [4.69, 9.17) is 5.26 Å². The lowest BCUT2D eigenvalue weighted by molar-refractivity contribution is -0.123. The summed E-state index contributed by atoms with van der Waals surface area (Å²) in [6, 6.07) is 1.97. The van der Waals surface area contributed by atoms with Crippen molar-refractivity contribution < 1.29 is 4.79 Å². The Morgan fingerprint density at radius 3 is 2.88 bits per heavy atom. The Bertz CT molecular complexity index is 416. The minimum Gasteiger partial charge on any atom is -0.351 e. The zero-order valence-corrected chi connectivity index (χ0v) is 9.82. The van der Waals surface area contributed by atoms with E-state index in [1.165, 1.54) is 0 Å². The molecule has 5 heteroatoms. The largest absolute Gasteiger partial charge is 0.351 e. The van der Waals surface area contributed by atoms with Crippen molar-refractivity contribution in [3.8, 4) is 6.07 Å². The summed E-state index contributed by atoms with van der Waals surface area (Å²) in [7, 11) is 1.84. The van der Waals surface area contributed by atoms with Gasteiger partial charge >= 0.3 is 0 Å². The molecule has 0 aliphatic heterocycles. The van der Waals surface area contributed by atoms with Crippen LogP contribution in [0, 0.1) is 24.2 Å². The molecule has 0 aliphatic rings. The monoisotopic (exact) mass is 220 g/mol. The predicted octanol–water partition coefficient (Wildman–Crippen LogP) is 0.894. The first-order valence-corrected chi connectivity index (χ1v) is 5.25. The summed E-state index contributed by atoms with van der Waals surface area (Å²) in [4.78, 5) is 11.5. The summed E-state index contributed by atoms with van der Waals surface area (Å²) in [5, 5.41) is 15.6. The molecule has 1 aromatic rings. The van der Waals surface area contributed by atoms with Gasteiger partial charge in [-0.15, -0.1) is 0 Å². The van der Waals surface area contributed by atoms with Gasteiger partial charge in [-0.2, -0.15) is 10.4 Å². The smallest absolute Gasteiger partial charge is 0.237 e. The quantitative estimate of drug-likeness (QED) is 0.819. The number of rotatable bonds is 4. The van der Waals surface area contributed by atoms with Gasteiger partial charge in [0.15, 0.2) is 0 Å². The highest BCUT2D eigenvalue weighted by Gasteiger charge is 2.15. The lowest BCUT2D eigenvalue weighted by atomic mass is 10.1. The van der Waals surface area contributed by atoms with Gasteiger partial charge in [0.1, 0.15) is 5.92 Å². The minimum absolute atomic E-state index is 0.215. The summed E-state index contributed by atoms with van der Waals surface area (Å²) in [5.74, 6) is -0.773. The lowest BCUT2D eigenvalue weighted by Gasteiger charge is -2.07. The molecule has 1 unspecified atom stereocenters. The predicted molar refractivity (Wildman–Crippen MR) is 59.2 cm³/mol. The Kier molecular flexibility index (Phi) is 4.06. The highest BCUT2D eigenvalue weighted by molar-refractivity contribution is 5.80. The second kappa shape index (κ2) is 5.31. The molecule has 1 atom stereocenters. The Morgan fingerprint density at radius 2 is 2.44 bits per heavy atom. The number of aryl methyl sites for hydroxylation is 2. The second-order valence-electron chi connectivity index (χ2n) is 3.72. The van der Waals surface area contributed by atoms with Gasteiger partial charge < -0.3 is 5.32 Å². The van der Waals surface area contributed by atoms with Crippen LogP contribution in [0.15, 0.2) is 6.20 Å². The summed E-state index contributed by atoms with van der Waals surface area (Å²) in [6.45, 7) is 4.14. The van der Waals surface area contributed by atoms with Gasteiger partial charge in [-0.25, -0.2) is 0 Å². The van der Waals surface area contributed by atoms with Crippen LogP contribution in [0.3, 0.4) is 0 Å². The number of nitriles is 1. The molecule has 0 saturated carbocycles. The van der Waals surface area contributed by atoms with Crippen LogP contribution in [0.25, 0.3) is 0 Å². The van der Waals surface area contributed by atoms with E-state index in [1.54, 1.807) is 4.68 Å². The van der Waals surface area contributed by atoms with E-state index in [0.29, 0.717) is 13.0 Å². The summed E-state index contributed by atoms with van der Waals surface area (Å²) >= 11 is 0. The maximum Gasteiger partial charge on any atom is 0.237 e. The van der Waals surface area contributed by atoms with Crippen LogP contribution in [0.2, 0.25) is 0 Å². The van der Waals surface area contributed by atoms with Gasteiger partial charge in [0.05, 0.1) is 11.8 Å². The van der Waals surface area contributed by atoms with Crippen molar-refractivity contribution >= 4 is 5.91 Å². The number of amides is 1. The molecule has 0 spiro atoms. The molecule has 86 valence electrons. The van der Waals surface area contributed by atoms with Gasteiger partial charge in [-0.3, -0.25) is 9.48 Å². The average Bonchev–Trinajstić information content (AvgIpc) is 2.56. The molecule has 16 heavy (non-hydrogen) atoms. The van der Waals surface area contributed by atoms with E-state index in [9.17, 15) is 4.79 Å². The van der Waals surface area contributed by atoms with E-state index in [2.05, 4.69) is 10.4 Å². The highest BCUT2D eigenvalue weighted by atomic mass is 16.1. The van der Waals surface area contributed by atoms with E-state index >= 15 is 0 Å². The fraction of sp³-hybridized carbons (Fsp3) is 0.545. The lowest BCUT2D eigenvalue weighted by Crippen LogP contribution is -2.29. The number of nitrogens with one attached hydrogen (secondary N) is 1. The van der Waals surface area contributed by atoms with Gasteiger partial charge in [0.25, 0.3) is 0 Å². The molecule has 0 radical (unpaired) electrons. The third-order valence-corrected chi connectivity index (χ3v) is 2.45. The average molecular weight is 220 g/mol. The fourth-order valence-electron chi connectivity index (χ4n) is 1.46. The third kappa shape index (κ3) is 2.83. The molecule has 1 rings (SSSR count). The topological polar surface area (TPSA) is 70.7 Å². The maximum atomic E-state index is 11.5. The highest BCUT2D eigenvalue weighted by Crippen LogP contribution is 2.05.